The van der Waals surface area contributed by atoms with Crippen LogP contribution < -0.4 is 10.5 Å². The molecule has 4 rings (SSSR count). The number of rotatable bonds is 10. The molecule has 1 saturated heterocycles. The van der Waals surface area contributed by atoms with Crippen LogP contribution in [-0.4, -0.2) is 38.9 Å². The summed E-state index contributed by atoms with van der Waals surface area (Å²) in [6.45, 7) is 5.27. The molecule has 0 spiro atoms. The van der Waals surface area contributed by atoms with Crippen molar-refractivity contribution in [3.8, 4) is 16.9 Å². The zero-order chi connectivity index (χ0) is 26.5. The zero-order valence-corrected chi connectivity index (χ0v) is 22.3. The van der Waals surface area contributed by atoms with Gasteiger partial charge in [-0.2, -0.15) is 0 Å². The molecule has 2 N–H and O–H groups in total. The highest BCUT2D eigenvalue weighted by molar-refractivity contribution is 7.93. The molecular formula is C30H35NO5S. The summed E-state index contributed by atoms with van der Waals surface area (Å²) in [6.07, 6.45) is 1.81. The van der Waals surface area contributed by atoms with Crippen molar-refractivity contribution in [2.45, 2.75) is 55.1 Å². The maximum atomic E-state index is 13.3. The maximum Gasteiger partial charge on any atom is 0.239 e. The number of nitrogens with two attached hydrogens (primary N) is 1. The van der Waals surface area contributed by atoms with Crippen molar-refractivity contribution in [1.29, 1.82) is 0 Å². The minimum absolute atomic E-state index is 0.0629. The van der Waals surface area contributed by atoms with E-state index in [2.05, 4.69) is 62.4 Å². The number of hydrogen-bond donors (Lipinski definition) is 1. The fraction of sp³-hybridized carbons (Fsp3) is 0.367. The largest absolute Gasteiger partial charge is 0.494 e. The third-order valence-corrected chi connectivity index (χ3v) is 9.65. The van der Waals surface area contributed by atoms with Gasteiger partial charge >= 0.3 is 0 Å². The fourth-order valence-corrected chi connectivity index (χ4v) is 6.64. The maximum absolute atomic E-state index is 13.3. The molecule has 7 heteroatoms. The van der Waals surface area contributed by atoms with Crippen LogP contribution in [0, 0.1) is 0 Å². The van der Waals surface area contributed by atoms with E-state index in [1.54, 1.807) is 12.1 Å². The van der Waals surface area contributed by atoms with Gasteiger partial charge in [-0.3, -0.25) is 4.79 Å². The summed E-state index contributed by atoms with van der Waals surface area (Å²) < 4.78 is 36.0. The van der Waals surface area contributed by atoms with Gasteiger partial charge in [0, 0.05) is 13.2 Å². The summed E-state index contributed by atoms with van der Waals surface area (Å²) in [5.41, 5.74) is 10.5. The third-order valence-electron chi connectivity index (χ3n) is 7.11. The molecule has 1 heterocycles. The van der Waals surface area contributed by atoms with Gasteiger partial charge in [-0.15, -0.1) is 0 Å². The molecular weight excluding hydrogens is 486 g/mol. The summed E-state index contributed by atoms with van der Waals surface area (Å²) >= 11 is 0. The number of hydrogen-bond acceptors (Lipinski definition) is 5. The van der Waals surface area contributed by atoms with Gasteiger partial charge in [-0.05, 0) is 78.1 Å². The molecule has 1 aliphatic heterocycles. The quantitative estimate of drug-likeness (QED) is 0.366. The molecule has 6 nitrogen and oxygen atoms in total. The lowest BCUT2D eigenvalue weighted by atomic mass is 9.97. The molecule has 1 fully saturated rings. The molecule has 1 amide bonds. The Morgan fingerprint density at radius 3 is 2.27 bits per heavy atom. The predicted molar refractivity (Wildman–Crippen MR) is 145 cm³/mol. The van der Waals surface area contributed by atoms with Gasteiger partial charge in [0.05, 0.1) is 11.5 Å². The monoisotopic (exact) mass is 521 g/mol. The number of carbonyl (C=O) groups excluding carboxylic acids is 1. The number of aryl methyl sites for hydroxylation is 1. The first-order chi connectivity index (χ1) is 17.7. The van der Waals surface area contributed by atoms with Crippen LogP contribution in [-0.2, 0) is 25.8 Å². The van der Waals surface area contributed by atoms with E-state index in [1.807, 2.05) is 0 Å². The van der Waals surface area contributed by atoms with E-state index >= 15 is 0 Å². The molecule has 3 aromatic carbocycles. The Balaban J connectivity index is 1.33. The van der Waals surface area contributed by atoms with E-state index in [-0.39, 0.29) is 31.0 Å². The molecule has 37 heavy (non-hydrogen) atoms. The van der Waals surface area contributed by atoms with Gasteiger partial charge in [0.2, 0.25) is 5.91 Å². The van der Waals surface area contributed by atoms with Crippen LogP contribution in [0.5, 0.6) is 5.75 Å². The first kappa shape index (κ1) is 26.9. The Kier molecular flexibility index (Phi) is 8.35. The topological polar surface area (TPSA) is 95.7 Å². The smallest absolute Gasteiger partial charge is 0.239 e. The number of benzene rings is 3. The van der Waals surface area contributed by atoms with Gasteiger partial charge in [0.15, 0.2) is 14.6 Å². The van der Waals surface area contributed by atoms with E-state index in [0.717, 1.165) is 12.8 Å². The van der Waals surface area contributed by atoms with E-state index in [1.165, 1.54) is 34.4 Å². The molecule has 0 atom stereocenters. The second-order valence-corrected chi connectivity index (χ2v) is 12.1. The minimum atomic E-state index is -3.94. The summed E-state index contributed by atoms with van der Waals surface area (Å²) in [5, 5.41) is 0. The van der Waals surface area contributed by atoms with Crippen LogP contribution in [0.15, 0.2) is 77.7 Å². The van der Waals surface area contributed by atoms with Crippen molar-refractivity contribution < 1.29 is 22.7 Å². The van der Waals surface area contributed by atoms with E-state index < -0.39 is 20.5 Å². The first-order valence-corrected chi connectivity index (χ1v) is 14.3. The first-order valence-electron chi connectivity index (χ1n) is 12.8. The summed E-state index contributed by atoms with van der Waals surface area (Å²) in [5.74, 6) is 0.269. The molecule has 0 aliphatic carbocycles. The molecule has 0 radical (unpaired) electrons. The van der Waals surface area contributed by atoms with E-state index in [4.69, 9.17) is 15.2 Å². The standard InChI is InChI=1S/C30H35NO5S/c1-22(2)24-8-10-25(11-9-24)26-7-3-5-23(21-26)6-4-18-36-27-12-14-28(15-13-27)37(33,34)30(29(31)32)16-19-35-20-17-30/h3,5,7-15,21-22H,4,6,16-20H2,1-2H3,(H2,31,32). The molecule has 3 aromatic rings. The highest BCUT2D eigenvalue weighted by Gasteiger charge is 2.51. The Labute approximate surface area is 219 Å². The molecule has 0 bridgehead atoms. The summed E-state index contributed by atoms with van der Waals surface area (Å²) in [4.78, 5) is 12.2. The Morgan fingerprint density at radius 1 is 0.973 bits per heavy atom. The van der Waals surface area contributed by atoms with Crippen LogP contribution in [0.25, 0.3) is 11.1 Å². The fourth-order valence-electron chi connectivity index (χ4n) is 4.72. The van der Waals surface area contributed by atoms with Crippen LogP contribution in [0.4, 0.5) is 0 Å². The second-order valence-electron chi connectivity index (χ2n) is 9.87. The predicted octanol–water partition coefficient (Wildman–Crippen LogP) is 5.30. The van der Waals surface area contributed by atoms with Crippen LogP contribution in [0.2, 0.25) is 0 Å². The van der Waals surface area contributed by atoms with Crippen molar-refractivity contribution >= 4 is 15.7 Å². The molecule has 0 unspecified atom stereocenters. The third kappa shape index (κ3) is 5.89. The minimum Gasteiger partial charge on any atom is -0.494 e. The van der Waals surface area contributed by atoms with Crippen LogP contribution in [0.3, 0.4) is 0 Å². The molecule has 1 aliphatic rings. The van der Waals surface area contributed by atoms with Gasteiger partial charge in [-0.25, -0.2) is 8.42 Å². The Hall–Kier alpha value is -3.16. The molecule has 0 saturated carbocycles. The number of primary amides is 1. The van der Waals surface area contributed by atoms with Crippen molar-refractivity contribution in [1.82, 2.24) is 0 Å². The lowest BCUT2D eigenvalue weighted by Crippen LogP contribution is -2.53. The van der Waals surface area contributed by atoms with Crippen molar-refractivity contribution in [3.05, 3.63) is 83.9 Å². The average molecular weight is 522 g/mol. The second kappa shape index (κ2) is 11.5. The van der Waals surface area contributed by atoms with Gasteiger partial charge in [-0.1, -0.05) is 62.4 Å². The Bertz CT molecular complexity index is 1310. The number of amides is 1. The zero-order valence-electron chi connectivity index (χ0n) is 21.5. The lowest BCUT2D eigenvalue weighted by molar-refractivity contribution is -0.122. The van der Waals surface area contributed by atoms with Crippen molar-refractivity contribution in [2.24, 2.45) is 5.73 Å². The SMILES string of the molecule is CC(C)c1ccc(-c2cccc(CCCOc3ccc(S(=O)(=O)C4(C(N)=O)CCOCC4)cc3)c2)cc1. The number of ether oxygens (including phenoxy) is 2. The van der Waals surface area contributed by atoms with Crippen molar-refractivity contribution in [2.75, 3.05) is 19.8 Å². The van der Waals surface area contributed by atoms with Crippen LogP contribution >= 0.6 is 0 Å². The molecule has 0 aromatic heterocycles. The number of carbonyl (C=O) groups is 1. The average Bonchev–Trinajstić information content (AvgIpc) is 2.92. The number of sulfone groups is 1. The summed E-state index contributed by atoms with van der Waals surface area (Å²) in [7, 11) is -3.94. The van der Waals surface area contributed by atoms with E-state index in [0.29, 0.717) is 18.3 Å². The van der Waals surface area contributed by atoms with Crippen molar-refractivity contribution in [3.63, 3.8) is 0 Å². The lowest BCUT2D eigenvalue weighted by Gasteiger charge is -2.33. The highest BCUT2D eigenvalue weighted by Crippen LogP contribution is 2.35. The molecule has 196 valence electrons. The van der Waals surface area contributed by atoms with E-state index in [9.17, 15) is 13.2 Å². The highest BCUT2D eigenvalue weighted by atomic mass is 32.2. The van der Waals surface area contributed by atoms with Gasteiger partial charge in [0.1, 0.15) is 5.75 Å². The normalized spacial score (nSPS) is 15.4. The van der Waals surface area contributed by atoms with Crippen LogP contribution in [0.1, 0.15) is 50.2 Å². The Morgan fingerprint density at radius 2 is 1.65 bits per heavy atom. The van der Waals surface area contributed by atoms with Gasteiger partial charge < -0.3 is 15.2 Å². The van der Waals surface area contributed by atoms with Gasteiger partial charge in [0.25, 0.3) is 0 Å². The summed E-state index contributed by atoms with van der Waals surface area (Å²) in [6, 6.07) is 23.5.